The Morgan fingerprint density at radius 1 is 1.29 bits per heavy atom. The molecule has 2 rings (SSSR count). The fourth-order valence-electron chi connectivity index (χ4n) is 2.51. The maximum Gasteiger partial charge on any atom is 0.253 e. The summed E-state index contributed by atoms with van der Waals surface area (Å²) in [5.74, 6) is 0.787. The average Bonchev–Trinajstić information content (AvgIpc) is 2.82. The van der Waals surface area contributed by atoms with Gasteiger partial charge < -0.3 is 10.6 Å². The summed E-state index contributed by atoms with van der Waals surface area (Å²) in [6.07, 6.45) is 5.15. The third-order valence-corrected chi connectivity index (χ3v) is 3.51. The molecule has 92 valence electrons. The number of benzene rings is 1. The van der Waals surface area contributed by atoms with Crippen molar-refractivity contribution in [2.45, 2.75) is 25.7 Å². The van der Waals surface area contributed by atoms with Crippen molar-refractivity contribution in [2.75, 3.05) is 19.3 Å². The predicted molar refractivity (Wildman–Crippen MR) is 69.8 cm³/mol. The zero-order valence-electron chi connectivity index (χ0n) is 10.4. The Kier molecular flexibility index (Phi) is 3.67. The van der Waals surface area contributed by atoms with Crippen molar-refractivity contribution in [2.24, 2.45) is 5.92 Å². The van der Waals surface area contributed by atoms with Gasteiger partial charge in [0.1, 0.15) is 0 Å². The van der Waals surface area contributed by atoms with Crippen molar-refractivity contribution in [3.63, 3.8) is 0 Å². The van der Waals surface area contributed by atoms with Gasteiger partial charge in [0.15, 0.2) is 0 Å². The number of nitrogens with zero attached hydrogens (tertiary/aromatic N) is 1. The lowest BCUT2D eigenvalue weighted by Gasteiger charge is -2.21. The minimum atomic E-state index is 0.0944. The summed E-state index contributed by atoms with van der Waals surface area (Å²) in [6, 6.07) is 7.14. The molecule has 0 bridgehead atoms. The van der Waals surface area contributed by atoms with Gasteiger partial charge in [-0.3, -0.25) is 4.79 Å². The van der Waals surface area contributed by atoms with Gasteiger partial charge in [0.05, 0.1) is 0 Å². The van der Waals surface area contributed by atoms with E-state index in [1.54, 1.807) is 24.3 Å². The van der Waals surface area contributed by atoms with Gasteiger partial charge >= 0.3 is 0 Å². The van der Waals surface area contributed by atoms with Gasteiger partial charge in [-0.1, -0.05) is 12.8 Å². The maximum absolute atomic E-state index is 12.1. The van der Waals surface area contributed by atoms with Crippen LogP contribution in [0.2, 0.25) is 0 Å². The minimum absolute atomic E-state index is 0.0944. The smallest absolute Gasteiger partial charge is 0.253 e. The first-order chi connectivity index (χ1) is 8.16. The molecule has 0 heterocycles. The number of anilines is 1. The Morgan fingerprint density at radius 2 is 1.88 bits per heavy atom. The fraction of sp³-hybridized carbons (Fsp3) is 0.500. The summed E-state index contributed by atoms with van der Waals surface area (Å²) in [4.78, 5) is 14.0. The molecule has 0 saturated heterocycles. The van der Waals surface area contributed by atoms with Gasteiger partial charge in [-0.25, -0.2) is 0 Å². The number of carbonyl (C=O) groups excluding carboxylic acids is 1. The fourth-order valence-corrected chi connectivity index (χ4v) is 2.51. The standard InChI is InChI=1S/C14H20N2O/c1-16(10-11-4-2-3-5-11)14(17)12-6-8-13(15)9-7-12/h6-9,11H,2-5,10,15H2,1H3. The summed E-state index contributed by atoms with van der Waals surface area (Å²) in [5.41, 5.74) is 7.03. The summed E-state index contributed by atoms with van der Waals surface area (Å²) in [7, 11) is 1.89. The third kappa shape index (κ3) is 2.99. The van der Waals surface area contributed by atoms with Crippen molar-refractivity contribution >= 4 is 11.6 Å². The lowest BCUT2D eigenvalue weighted by atomic mass is 10.1. The van der Waals surface area contributed by atoms with Crippen molar-refractivity contribution < 1.29 is 4.79 Å². The van der Waals surface area contributed by atoms with Gasteiger partial charge in [-0.05, 0) is 43.0 Å². The van der Waals surface area contributed by atoms with Crippen LogP contribution in [0.4, 0.5) is 5.69 Å². The number of nitrogen functional groups attached to an aromatic ring is 1. The van der Waals surface area contributed by atoms with E-state index in [-0.39, 0.29) is 5.91 Å². The van der Waals surface area contributed by atoms with Crippen molar-refractivity contribution in [1.29, 1.82) is 0 Å². The topological polar surface area (TPSA) is 46.3 Å². The van der Waals surface area contributed by atoms with Crippen molar-refractivity contribution in [3.8, 4) is 0 Å². The van der Waals surface area contributed by atoms with Crippen molar-refractivity contribution in [3.05, 3.63) is 29.8 Å². The van der Waals surface area contributed by atoms with E-state index >= 15 is 0 Å². The summed E-state index contributed by atoms with van der Waals surface area (Å²) in [5, 5.41) is 0. The van der Waals surface area contributed by atoms with Gasteiger partial charge in [-0.2, -0.15) is 0 Å². The Balaban J connectivity index is 1.96. The SMILES string of the molecule is CN(CC1CCCC1)C(=O)c1ccc(N)cc1. The Labute approximate surface area is 103 Å². The molecule has 1 aliphatic carbocycles. The highest BCUT2D eigenvalue weighted by Gasteiger charge is 2.19. The number of hydrogen-bond donors (Lipinski definition) is 1. The molecule has 1 amide bonds. The zero-order chi connectivity index (χ0) is 12.3. The molecule has 0 aromatic heterocycles. The molecule has 3 heteroatoms. The Bertz CT molecular complexity index is 380. The van der Waals surface area contributed by atoms with Crippen LogP contribution in [0.25, 0.3) is 0 Å². The molecule has 2 N–H and O–H groups in total. The first-order valence-electron chi connectivity index (χ1n) is 6.28. The van der Waals surface area contributed by atoms with Crippen LogP contribution in [0.5, 0.6) is 0 Å². The van der Waals surface area contributed by atoms with Crippen LogP contribution in [-0.2, 0) is 0 Å². The first-order valence-corrected chi connectivity index (χ1v) is 6.28. The largest absolute Gasteiger partial charge is 0.399 e. The number of hydrogen-bond acceptors (Lipinski definition) is 2. The lowest BCUT2D eigenvalue weighted by Crippen LogP contribution is -2.31. The summed E-state index contributed by atoms with van der Waals surface area (Å²) >= 11 is 0. The second-order valence-electron chi connectivity index (χ2n) is 4.96. The molecule has 0 atom stereocenters. The van der Waals surface area contributed by atoms with E-state index in [1.807, 2.05) is 11.9 Å². The van der Waals surface area contributed by atoms with Crippen LogP contribution in [0.3, 0.4) is 0 Å². The molecule has 1 saturated carbocycles. The monoisotopic (exact) mass is 232 g/mol. The molecule has 17 heavy (non-hydrogen) atoms. The van der Waals surface area contributed by atoms with Gasteiger partial charge in [0.2, 0.25) is 0 Å². The van der Waals surface area contributed by atoms with Gasteiger partial charge in [0.25, 0.3) is 5.91 Å². The summed E-state index contributed by atoms with van der Waals surface area (Å²) in [6.45, 7) is 0.878. The maximum atomic E-state index is 12.1. The number of rotatable bonds is 3. The Hall–Kier alpha value is -1.51. The number of carbonyl (C=O) groups is 1. The molecule has 1 aliphatic rings. The highest BCUT2D eigenvalue weighted by Crippen LogP contribution is 2.25. The van der Waals surface area contributed by atoms with Crippen LogP contribution in [-0.4, -0.2) is 24.4 Å². The van der Waals surface area contributed by atoms with E-state index in [2.05, 4.69) is 0 Å². The average molecular weight is 232 g/mol. The van der Waals surface area contributed by atoms with E-state index in [0.717, 1.165) is 12.1 Å². The summed E-state index contributed by atoms with van der Waals surface area (Å²) < 4.78 is 0. The number of nitrogens with two attached hydrogens (primary N) is 1. The minimum Gasteiger partial charge on any atom is -0.399 e. The van der Waals surface area contributed by atoms with Crippen LogP contribution >= 0.6 is 0 Å². The molecule has 1 aromatic carbocycles. The third-order valence-electron chi connectivity index (χ3n) is 3.51. The quantitative estimate of drug-likeness (QED) is 0.814. The molecule has 0 radical (unpaired) electrons. The highest BCUT2D eigenvalue weighted by molar-refractivity contribution is 5.94. The lowest BCUT2D eigenvalue weighted by molar-refractivity contribution is 0.0773. The Morgan fingerprint density at radius 3 is 2.47 bits per heavy atom. The molecule has 0 unspecified atom stereocenters. The molecule has 0 aliphatic heterocycles. The van der Waals surface area contributed by atoms with Gasteiger partial charge in [0, 0.05) is 24.8 Å². The zero-order valence-corrected chi connectivity index (χ0v) is 10.4. The predicted octanol–water partition coefficient (Wildman–Crippen LogP) is 2.53. The van der Waals surface area contributed by atoms with Gasteiger partial charge in [-0.15, -0.1) is 0 Å². The van der Waals surface area contributed by atoms with E-state index in [4.69, 9.17) is 5.73 Å². The molecule has 1 aromatic rings. The second kappa shape index (κ2) is 5.21. The van der Waals surface area contributed by atoms with Crippen LogP contribution in [0, 0.1) is 5.92 Å². The molecule has 3 nitrogen and oxygen atoms in total. The number of amides is 1. The van der Waals surface area contributed by atoms with Crippen LogP contribution in [0.15, 0.2) is 24.3 Å². The molecule has 1 fully saturated rings. The molecule has 0 spiro atoms. The van der Waals surface area contributed by atoms with Crippen LogP contribution in [0.1, 0.15) is 36.0 Å². The normalized spacial score (nSPS) is 16.1. The van der Waals surface area contributed by atoms with E-state index in [9.17, 15) is 4.79 Å². The first kappa shape index (κ1) is 12.0. The van der Waals surface area contributed by atoms with E-state index < -0.39 is 0 Å². The van der Waals surface area contributed by atoms with E-state index in [0.29, 0.717) is 11.6 Å². The molecular formula is C14H20N2O. The molecular weight excluding hydrogens is 212 g/mol. The van der Waals surface area contributed by atoms with Crippen molar-refractivity contribution in [1.82, 2.24) is 4.90 Å². The van der Waals surface area contributed by atoms with E-state index in [1.165, 1.54) is 25.7 Å². The highest BCUT2D eigenvalue weighted by atomic mass is 16.2. The van der Waals surface area contributed by atoms with Crippen LogP contribution < -0.4 is 5.73 Å². The second-order valence-corrected chi connectivity index (χ2v) is 4.96.